The molecule has 1 aromatic carbocycles. The van der Waals surface area contributed by atoms with Crippen molar-refractivity contribution in [1.82, 2.24) is 10.2 Å². The molecule has 3 nitrogen and oxygen atoms in total. The molecule has 0 bridgehead atoms. The number of carbonyl (C=O) groups is 1. The van der Waals surface area contributed by atoms with E-state index in [4.69, 9.17) is 11.6 Å². The van der Waals surface area contributed by atoms with Gasteiger partial charge in [0.25, 0.3) is 5.91 Å². The number of halogens is 2. The number of piperidine rings is 1. The van der Waals surface area contributed by atoms with Gasteiger partial charge in [-0.1, -0.05) is 11.6 Å². The zero-order chi connectivity index (χ0) is 13.4. The molecule has 1 aromatic rings. The van der Waals surface area contributed by atoms with E-state index < -0.39 is 5.82 Å². The fourth-order valence-corrected chi connectivity index (χ4v) is 3.21. The molecule has 2 aliphatic heterocycles. The van der Waals surface area contributed by atoms with E-state index in [-0.39, 0.29) is 11.5 Å². The van der Waals surface area contributed by atoms with E-state index in [0.717, 1.165) is 26.1 Å². The lowest BCUT2D eigenvalue weighted by Gasteiger charge is -2.34. The molecule has 0 radical (unpaired) electrons. The molecule has 0 saturated carbocycles. The zero-order valence-electron chi connectivity index (χ0n) is 10.5. The monoisotopic (exact) mass is 282 g/mol. The van der Waals surface area contributed by atoms with Crippen LogP contribution in [0, 0.1) is 17.7 Å². The van der Waals surface area contributed by atoms with E-state index in [2.05, 4.69) is 5.32 Å². The molecular weight excluding hydrogens is 267 g/mol. The van der Waals surface area contributed by atoms with Crippen LogP contribution < -0.4 is 5.32 Å². The molecule has 0 spiro atoms. The largest absolute Gasteiger partial charge is 0.338 e. The van der Waals surface area contributed by atoms with Gasteiger partial charge in [0.2, 0.25) is 0 Å². The maximum absolute atomic E-state index is 13.8. The number of carbonyl (C=O) groups excluding carboxylic acids is 1. The predicted octanol–water partition coefficient (Wildman–Crippen LogP) is 2.16. The Hall–Kier alpha value is -1.13. The van der Waals surface area contributed by atoms with E-state index in [1.807, 2.05) is 0 Å². The summed E-state index contributed by atoms with van der Waals surface area (Å²) in [5, 5.41) is 3.67. The van der Waals surface area contributed by atoms with Crippen molar-refractivity contribution in [2.24, 2.45) is 11.8 Å². The van der Waals surface area contributed by atoms with E-state index in [1.165, 1.54) is 12.1 Å². The summed E-state index contributed by atoms with van der Waals surface area (Å²) in [7, 11) is 0. The Bertz CT molecular complexity index is 508. The summed E-state index contributed by atoms with van der Waals surface area (Å²) in [6.07, 6.45) is 0.999. The minimum atomic E-state index is -0.538. The lowest BCUT2D eigenvalue weighted by atomic mass is 9.88. The Morgan fingerprint density at radius 3 is 2.95 bits per heavy atom. The number of nitrogens with zero attached hydrogens (tertiary/aromatic N) is 1. The third kappa shape index (κ3) is 2.47. The minimum absolute atomic E-state index is 0.119. The van der Waals surface area contributed by atoms with Crippen LogP contribution in [0.5, 0.6) is 0 Å². The Balaban J connectivity index is 1.76. The van der Waals surface area contributed by atoms with Gasteiger partial charge in [0.05, 0.1) is 5.56 Å². The van der Waals surface area contributed by atoms with Gasteiger partial charge in [0.1, 0.15) is 5.82 Å². The summed E-state index contributed by atoms with van der Waals surface area (Å²) in [6, 6.07) is 4.22. The average molecular weight is 283 g/mol. The molecule has 1 N–H and O–H groups in total. The number of hydrogen-bond acceptors (Lipinski definition) is 2. The molecule has 0 aromatic heterocycles. The van der Waals surface area contributed by atoms with Crippen LogP contribution in [-0.2, 0) is 0 Å². The highest BCUT2D eigenvalue weighted by Gasteiger charge is 2.35. The number of hydrogen-bond donors (Lipinski definition) is 1. The molecule has 2 atom stereocenters. The molecule has 2 heterocycles. The second kappa shape index (κ2) is 5.10. The molecule has 19 heavy (non-hydrogen) atoms. The third-order valence-electron chi connectivity index (χ3n) is 4.15. The summed E-state index contributed by atoms with van der Waals surface area (Å²) >= 11 is 5.71. The van der Waals surface area contributed by atoms with Gasteiger partial charge in [0.15, 0.2) is 0 Å². The van der Waals surface area contributed by atoms with Gasteiger partial charge in [-0.2, -0.15) is 0 Å². The van der Waals surface area contributed by atoms with E-state index in [1.54, 1.807) is 11.0 Å². The Morgan fingerprint density at radius 2 is 2.16 bits per heavy atom. The predicted molar refractivity (Wildman–Crippen MR) is 71.8 cm³/mol. The smallest absolute Gasteiger partial charge is 0.256 e. The van der Waals surface area contributed by atoms with Gasteiger partial charge in [-0.15, -0.1) is 0 Å². The number of amides is 1. The van der Waals surface area contributed by atoms with Gasteiger partial charge < -0.3 is 10.2 Å². The summed E-state index contributed by atoms with van der Waals surface area (Å²) in [5.74, 6) is 0.413. The molecule has 3 rings (SSSR count). The van der Waals surface area contributed by atoms with Gasteiger partial charge in [-0.3, -0.25) is 4.79 Å². The quantitative estimate of drug-likeness (QED) is 0.856. The van der Waals surface area contributed by atoms with Gasteiger partial charge in [-0.25, -0.2) is 4.39 Å². The first-order chi connectivity index (χ1) is 9.15. The maximum atomic E-state index is 13.8. The second-order valence-electron chi connectivity index (χ2n) is 5.34. The van der Waals surface area contributed by atoms with Gasteiger partial charge in [-0.05, 0) is 49.5 Å². The molecular formula is C14H16ClFN2O. The van der Waals surface area contributed by atoms with Crippen LogP contribution in [0.1, 0.15) is 16.8 Å². The normalized spacial score (nSPS) is 26.3. The summed E-state index contributed by atoms with van der Waals surface area (Å²) in [5.41, 5.74) is 0.119. The first-order valence-electron chi connectivity index (χ1n) is 6.60. The van der Waals surface area contributed by atoms with Crippen molar-refractivity contribution in [2.75, 3.05) is 26.2 Å². The van der Waals surface area contributed by atoms with Crippen molar-refractivity contribution in [2.45, 2.75) is 6.42 Å². The molecule has 2 unspecified atom stereocenters. The number of rotatable bonds is 1. The maximum Gasteiger partial charge on any atom is 0.256 e. The molecule has 0 aliphatic carbocycles. The highest BCUT2D eigenvalue weighted by molar-refractivity contribution is 6.30. The Kier molecular flexibility index (Phi) is 3.46. The van der Waals surface area contributed by atoms with Crippen molar-refractivity contribution in [3.8, 4) is 0 Å². The van der Waals surface area contributed by atoms with Crippen LogP contribution in [0.2, 0.25) is 5.02 Å². The lowest BCUT2D eigenvalue weighted by Crippen LogP contribution is -2.43. The highest BCUT2D eigenvalue weighted by atomic mass is 35.5. The first-order valence-corrected chi connectivity index (χ1v) is 6.98. The molecule has 1 amide bonds. The van der Waals surface area contributed by atoms with Crippen LogP contribution in [0.25, 0.3) is 0 Å². The van der Waals surface area contributed by atoms with Crippen molar-refractivity contribution in [3.05, 3.63) is 34.6 Å². The van der Waals surface area contributed by atoms with E-state index in [0.29, 0.717) is 23.4 Å². The second-order valence-corrected chi connectivity index (χ2v) is 5.78. The van der Waals surface area contributed by atoms with Crippen molar-refractivity contribution >= 4 is 17.5 Å². The Labute approximate surface area is 116 Å². The standard InChI is InChI=1S/C14H16ClFN2O/c15-11-1-2-12(13(16)5-11)14(19)18-4-3-9-6-17-7-10(9)8-18/h1-2,5,9-10,17H,3-4,6-8H2. The average Bonchev–Trinajstić information content (AvgIpc) is 2.85. The fraction of sp³-hybridized carbons (Fsp3) is 0.500. The first kappa shape index (κ1) is 12.9. The zero-order valence-corrected chi connectivity index (χ0v) is 11.3. The van der Waals surface area contributed by atoms with Crippen LogP contribution in [0.3, 0.4) is 0 Å². The van der Waals surface area contributed by atoms with Crippen LogP contribution in [0.4, 0.5) is 4.39 Å². The molecule has 2 saturated heterocycles. The van der Waals surface area contributed by atoms with Crippen LogP contribution >= 0.6 is 11.6 Å². The Morgan fingerprint density at radius 1 is 1.37 bits per heavy atom. The summed E-state index contributed by atoms with van der Waals surface area (Å²) in [6.45, 7) is 3.43. The lowest BCUT2D eigenvalue weighted by molar-refractivity contribution is 0.0638. The minimum Gasteiger partial charge on any atom is -0.338 e. The van der Waals surface area contributed by atoms with Crippen LogP contribution in [0.15, 0.2) is 18.2 Å². The van der Waals surface area contributed by atoms with Crippen LogP contribution in [-0.4, -0.2) is 37.0 Å². The van der Waals surface area contributed by atoms with E-state index in [9.17, 15) is 9.18 Å². The van der Waals surface area contributed by atoms with Crippen molar-refractivity contribution in [3.63, 3.8) is 0 Å². The summed E-state index contributed by atoms with van der Waals surface area (Å²) < 4.78 is 13.8. The van der Waals surface area contributed by atoms with Crippen molar-refractivity contribution < 1.29 is 9.18 Å². The SMILES string of the molecule is O=C(c1ccc(Cl)cc1F)N1CCC2CNCC2C1. The number of likely N-dealkylation sites (tertiary alicyclic amines) is 1. The fourth-order valence-electron chi connectivity index (χ4n) is 3.05. The topological polar surface area (TPSA) is 32.3 Å². The molecule has 102 valence electrons. The molecule has 2 fully saturated rings. The van der Waals surface area contributed by atoms with E-state index >= 15 is 0 Å². The summed E-state index contributed by atoms with van der Waals surface area (Å²) in [4.78, 5) is 14.1. The van der Waals surface area contributed by atoms with Crippen molar-refractivity contribution in [1.29, 1.82) is 0 Å². The number of fused-ring (bicyclic) bond motifs is 1. The van der Waals surface area contributed by atoms with Gasteiger partial charge in [0, 0.05) is 18.1 Å². The molecule has 5 heteroatoms. The number of benzene rings is 1. The molecule has 2 aliphatic rings. The highest BCUT2D eigenvalue weighted by Crippen LogP contribution is 2.28. The number of nitrogens with one attached hydrogen (secondary N) is 1. The van der Waals surface area contributed by atoms with Gasteiger partial charge >= 0.3 is 0 Å². The third-order valence-corrected chi connectivity index (χ3v) is 4.39.